The molecule has 5 nitrogen and oxygen atoms in total. The molecule has 2 aromatic rings. The number of hydrogen-bond acceptors (Lipinski definition) is 6. The third-order valence-electron chi connectivity index (χ3n) is 3.78. The molecule has 1 atom stereocenters. The van der Waals surface area contributed by atoms with Gasteiger partial charge in [-0.25, -0.2) is 9.78 Å². The average Bonchev–Trinajstić information content (AvgIpc) is 3.11. The predicted molar refractivity (Wildman–Crippen MR) is 101 cm³/mol. The number of ether oxygens (including phenoxy) is 1. The van der Waals surface area contributed by atoms with E-state index < -0.39 is 6.04 Å². The van der Waals surface area contributed by atoms with Gasteiger partial charge in [-0.15, -0.1) is 11.3 Å². The van der Waals surface area contributed by atoms with Crippen molar-refractivity contribution in [1.82, 2.24) is 9.88 Å². The number of hydrogen-bond donors (Lipinski definition) is 0. The highest BCUT2D eigenvalue weighted by atomic mass is 35.5. The Balaban J connectivity index is 1.82. The van der Waals surface area contributed by atoms with Gasteiger partial charge in [0.1, 0.15) is 16.7 Å². The molecule has 8 heteroatoms. The van der Waals surface area contributed by atoms with E-state index in [9.17, 15) is 9.59 Å². The van der Waals surface area contributed by atoms with E-state index in [4.69, 9.17) is 16.3 Å². The smallest absolute Gasteiger partial charge is 0.329 e. The topological polar surface area (TPSA) is 59.5 Å². The highest BCUT2D eigenvalue weighted by Gasteiger charge is 2.35. The molecular formula is C17H17ClN2O3S2. The van der Waals surface area contributed by atoms with E-state index in [-0.39, 0.29) is 11.9 Å². The summed E-state index contributed by atoms with van der Waals surface area (Å²) < 4.78 is 5.11. The van der Waals surface area contributed by atoms with Crippen LogP contribution in [0.15, 0.2) is 29.6 Å². The first-order valence-electron chi connectivity index (χ1n) is 7.87. The Morgan fingerprint density at radius 2 is 2.20 bits per heavy atom. The van der Waals surface area contributed by atoms with Crippen LogP contribution in [0, 0.1) is 0 Å². The second kappa shape index (κ2) is 8.21. The molecular weight excluding hydrogens is 380 g/mol. The Kier molecular flexibility index (Phi) is 5.98. The van der Waals surface area contributed by atoms with Gasteiger partial charge >= 0.3 is 5.97 Å². The maximum atomic E-state index is 12.9. The lowest BCUT2D eigenvalue weighted by molar-refractivity contribution is -0.147. The lowest BCUT2D eigenvalue weighted by Gasteiger charge is -2.33. The van der Waals surface area contributed by atoms with E-state index in [1.165, 1.54) is 11.3 Å². The third kappa shape index (κ3) is 3.99. The monoisotopic (exact) mass is 396 g/mol. The largest absolute Gasteiger partial charge is 0.464 e. The molecule has 1 fully saturated rings. The summed E-state index contributed by atoms with van der Waals surface area (Å²) in [5, 5.41) is 2.99. The fourth-order valence-corrected chi connectivity index (χ4v) is 4.70. The summed E-state index contributed by atoms with van der Waals surface area (Å²) in [6.45, 7) is 2.57. The standard InChI is InChI=1S/C17H17ClN2O3S2/c1-2-23-17(22)14-10-24-8-7-20(14)16(21)13-9-25-15(19-13)11-5-3-4-6-12(11)18/h3-6,9,14H,2,7-8,10H2,1H3. The zero-order valence-corrected chi connectivity index (χ0v) is 16.0. The van der Waals surface area contributed by atoms with Crippen LogP contribution in [0.5, 0.6) is 0 Å². The molecule has 1 unspecified atom stereocenters. The maximum absolute atomic E-state index is 12.9. The molecule has 0 aliphatic carbocycles. The van der Waals surface area contributed by atoms with Gasteiger partial charge in [-0.2, -0.15) is 11.8 Å². The molecule has 2 heterocycles. The predicted octanol–water partition coefficient (Wildman–Crippen LogP) is 3.58. The molecule has 1 saturated heterocycles. The van der Waals surface area contributed by atoms with Gasteiger partial charge in [-0.05, 0) is 13.0 Å². The fourth-order valence-electron chi connectivity index (χ4n) is 2.56. The summed E-state index contributed by atoms with van der Waals surface area (Å²) in [6.07, 6.45) is 0. The number of aromatic nitrogens is 1. The van der Waals surface area contributed by atoms with Crippen LogP contribution >= 0.6 is 34.7 Å². The summed E-state index contributed by atoms with van der Waals surface area (Å²) in [5.74, 6) is 0.743. The summed E-state index contributed by atoms with van der Waals surface area (Å²) in [6, 6.07) is 6.83. The van der Waals surface area contributed by atoms with Crippen molar-refractivity contribution in [3.05, 3.63) is 40.4 Å². The molecule has 0 spiro atoms. The van der Waals surface area contributed by atoms with Crippen LogP contribution in [-0.4, -0.2) is 52.5 Å². The van der Waals surface area contributed by atoms with Crippen molar-refractivity contribution >= 4 is 46.6 Å². The van der Waals surface area contributed by atoms with E-state index in [1.54, 1.807) is 35.0 Å². The van der Waals surface area contributed by atoms with Crippen molar-refractivity contribution in [3.63, 3.8) is 0 Å². The molecule has 1 aromatic heterocycles. The number of carbonyl (C=O) groups excluding carboxylic acids is 2. The lowest BCUT2D eigenvalue weighted by atomic mass is 10.2. The fraction of sp³-hybridized carbons (Fsp3) is 0.353. The van der Waals surface area contributed by atoms with E-state index in [1.807, 2.05) is 18.2 Å². The summed E-state index contributed by atoms with van der Waals surface area (Å²) in [4.78, 5) is 31.0. The van der Waals surface area contributed by atoms with Crippen LogP contribution in [0.4, 0.5) is 0 Å². The van der Waals surface area contributed by atoms with Gasteiger partial charge in [0.15, 0.2) is 0 Å². The van der Waals surface area contributed by atoms with Crippen molar-refractivity contribution in [2.24, 2.45) is 0 Å². The molecule has 0 N–H and O–H groups in total. The normalized spacial score (nSPS) is 17.4. The molecule has 1 aliphatic heterocycles. The number of thioether (sulfide) groups is 1. The van der Waals surface area contributed by atoms with Crippen LogP contribution in [0.1, 0.15) is 17.4 Å². The summed E-state index contributed by atoms with van der Waals surface area (Å²) in [5.41, 5.74) is 1.13. The number of halogens is 1. The van der Waals surface area contributed by atoms with Crippen LogP contribution < -0.4 is 0 Å². The number of rotatable bonds is 4. The van der Waals surface area contributed by atoms with Crippen LogP contribution in [-0.2, 0) is 9.53 Å². The lowest BCUT2D eigenvalue weighted by Crippen LogP contribution is -2.51. The first-order chi connectivity index (χ1) is 12.1. The molecule has 0 radical (unpaired) electrons. The van der Waals surface area contributed by atoms with Crippen molar-refractivity contribution in [2.45, 2.75) is 13.0 Å². The second-order valence-corrected chi connectivity index (χ2v) is 7.77. The van der Waals surface area contributed by atoms with Gasteiger partial charge in [0, 0.05) is 29.0 Å². The van der Waals surface area contributed by atoms with Gasteiger partial charge in [-0.3, -0.25) is 4.79 Å². The third-order valence-corrected chi connectivity index (χ3v) is 6.00. The van der Waals surface area contributed by atoms with E-state index >= 15 is 0 Å². The molecule has 1 aromatic carbocycles. The number of benzene rings is 1. The minimum Gasteiger partial charge on any atom is -0.464 e. The Labute approximate surface area is 159 Å². The van der Waals surface area contributed by atoms with Gasteiger partial charge in [0.05, 0.1) is 11.6 Å². The Bertz CT molecular complexity index is 781. The minimum atomic E-state index is -0.559. The zero-order chi connectivity index (χ0) is 17.8. The average molecular weight is 397 g/mol. The molecule has 25 heavy (non-hydrogen) atoms. The summed E-state index contributed by atoms with van der Waals surface area (Å²) >= 11 is 9.22. The highest BCUT2D eigenvalue weighted by Crippen LogP contribution is 2.31. The van der Waals surface area contributed by atoms with Gasteiger partial charge in [-0.1, -0.05) is 29.8 Å². The second-order valence-electron chi connectivity index (χ2n) is 5.36. The van der Waals surface area contributed by atoms with Gasteiger partial charge < -0.3 is 9.64 Å². The summed E-state index contributed by atoms with van der Waals surface area (Å²) in [7, 11) is 0. The molecule has 132 valence electrons. The van der Waals surface area contributed by atoms with Crippen LogP contribution in [0.3, 0.4) is 0 Å². The Morgan fingerprint density at radius 3 is 2.96 bits per heavy atom. The highest BCUT2D eigenvalue weighted by molar-refractivity contribution is 7.99. The first-order valence-corrected chi connectivity index (χ1v) is 10.3. The quantitative estimate of drug-likeness (QED) is 0.739. The molecule has 0 bridgehead atoms. The van der Waals surface area contributed by atoms with Gasteiger partial charge in [0.25, 0.3) is 5.91 Å². The Hall–Kier alpha value is -1.57. The SMILES string of the molecule is CCOC(=O)C1CSCCN1C(=O)c1csc(-c2ccccc2Cl)n1. The Morgan fingerprint density at radius 1 is 1.40 bits per heavy atom. The maximum Gasteiger partial charge on any atom is 0.329 e. The number of esters is 1. The van der Waals surface area contributed by atoms with E-state index in [0.29, 0.717) is 34.6 Å². The molecule has 0 saturated carbocycles. The molecule has 1 amide bonds. The van der Waals surface area contributed by atoms with Gasteiger partial charge in [0.2, 0.25) is 0 Å². The molecule has 3 rings (SSSR count). The number of amides is 1. The van der Waals surface area contributed by atoms with Crippen molar-refractivity contribution in [2.75, 3.05) is 24.7 Å². The number of carbonyl (C=O) groups is 2. The van der Waals surface area contributed by atoms with Crippen molar-refractivity contribution in [3.8, 4) is 10.6 Å². The van der Waals surface area contributed by atoms with Crippen LogP contribution in [0.25, 0.3) is 10.6 Å². The first kappa shape index (κ1) is 18.2. The minimum absolute atomic E-state index is 0.243. The number of nitrogens with zero attached hydrogens (tertiary/aromatic N) is 2. The van der Waals surface area contributed by atoms with Crippen molar-refractivity contribution < 1.29 is 14.3 Å². The molecule has 1 aliphatic rings. The zero-order valence-electron chi connectivity index (χ0n) is 13.6. The van der Waals surface area contributed by atoms with Crippen LogP contribution in [0.2, 0.25) is 5.02 Å². The van der Waals surface area contributed by atoms with E-state index in [2.05, 4.69) is 4.98 Å². The number of thiazole rings is 1. The van der Waals surface area contributed by atoms with Crippen molar-refractivity contribution in [1.29, 1.82) is 0 Å². The van der Waals surface area contributed by atoms with E-state index in [0.717, 1.165) is 11.3 Å².